The molecule has 0 spiro atoms. The first-order chi connectivity index (χ1) is 8.28. The lowest BCUT2D eigenvalue weighted by atomic mass is 10.2. The first kappa shape index (κ1) is 14.2. The lowest BCUT2D eigenvalue weighted by Gasteiger charge is -2.09. The molecule has 96 valence electrons. The second-order valence-electron chi connectivity index (χ2n) is 3.13. The molecule has 0 saturated heterocycles. The van der Waals surface area contributed by atoms with Gasteiger partial charge in [-0.05, 0) is 12.1 Å². The van der Waals surface area contributed by atoms with Crippen molar-refractivity contribution in [2.45, 2.75) is 12.8 Å². The molecule has 1 amide bonds. The molecule has 18 heavy (non-hydrogen) atoms. The molecule has 0 radical (unpaired) electrons. The summed E-state index contributed by atoms with van der Waals surface area (Å²) in [7, 11) is 0. The van der Waals surface area contributed by atoms with Crippen molar-refractivity contribution in [1.29, 1.82) is 0 Å². The average Bonchev–Trinajstić information content (AvgIpc) is 2.18. The van der Waals surface area contributed by atoms with Crippen LogP contribution in [0.2, 0.25) is 5.02 Å². The Kier molecular flexibility index (Phi) is 4.45. The number of hydrogen-bond acceptors (Lipinski definition) is 2. The summed E-state index contributed by atoms with van der Waals surface area (Å²) in [4.78, 5) is 10.4. The molecular formula is C11H7ClF3NO2. The quantitative estimate of drug-likeness (QED) is 0.844. The monoisotopic (exact) mass is 277 g/mol. The van der Waals surface area contributed by atoms with Gasteiger partial charge in [0, 0.05) is 11.6 Å². The highest BCUT2D eigenvalue weighted by Crippen LogP contribution is 2.27. The topological polar surface area (TPSA) is 52.3 Å². The molecule has 2 N–H and O–H groups in total. The predicted octanol–water partition coefficient (Wildman–Crippen LogP) is 2.47. The Hall–Kier alpha value is -1.87. The molecule has 1 aromatic rings. The van der Waals surface area contributed by atoms with Crippen molar-refractivity contribution in [3.63, 3.8) is 0 Å². The highest BCUT2D eigenvalue weighted by Gasteiger charge is 2.31. The molecule has 0 atom stereocenters. The van der Waals surface area contributed by atoms with Crippen LogP contribution in [0.4, 0.5) is 13.2 Å². The zero-order chi connectivity index (χ0) is 13.8. The number of primary amides is 1. The summed E-state index contributed by atoms with van der Waals surface area (Å²) in [6.07, 6.45) is -4.93. The van der Waals surface area contributed by atoms with E-state index in [4.69, 9.17) is 17.3 Å². The second-order valence-corrected chi connectivity index (χ2v) is 3.54. The number of rotatable bonds is 2. The normalized spacial score (nSPS) is 10.4. The van der Waals surface area contributed by atoms with E-state index in [1.165, 1.54) is 6.07 Å². The van der Waals surface area contributed by atoms with Gasteiger partial charge in [-0.3, -0.25) is 4.79 Å². The van der Waals surface area contributed by atoms with Gasteiger partial charge in [0.2, 0.25) is 5.91 Å². The molecule has 0 unspecified atom stereocenters. The maximum absolute atomic E-state index is 11.9. The molecule has 0 bridgehead atoms. The van der Waals surface area contributed by atoms with Crippen LogP contribution < -0.4 is 10.5 Å². The van der Waals surface area contributed by atoms with Crippen molar-refractivity contribution in [2.75, 3.05) is 0 Å². The van der Waals surface area contributed by atoms with Gasteiger partial charge in [-0.25, -0.2) is 0 Å². The van der Waals surface area contributed by atoms with Gasteiger partial charge in [-0.15, -0.1) is 13.2 Å². The number of alkyl halides is 3. The molecule has 7 heteroatoms. The summed E-state index contributed by atoms with van der Waals surface area (Å²) in [6, 6.07) is 3.33. The third-order valence-electron chi connectivity index (χ3n) is 1.66. The van der Waals surface area contributed by atoms with Gasteiger partial charge in [0.05, 0.1) is 11.4 Å². The number of carbonyl (C=O) groups is 1. The van der Waals surface area contributed by atoms with Crippen molar-refractivity contribution in [1.82, 2.24) is 0 Å². The van der Waals surface area contributed by atoms with Crippen molar-refractivity contribution in [2.24, 2.45) is 5.73 Å². The second kappa shape index (κ2) is 5.65. The van der Waals surface area contributed by atoms with E-state index in [1.807, 2.05) is 0 Å². The first-order valence-electron chi connectivity index (χ1n) is 4.60. The van der Waals surface area contributed by atoms with E-state index in [-0.39, 0.29) is 17.0 Å². The molecule has 1 rings (SSSR count). The van der Waals surface area contributed by atoms with Crippen LogP contribution in [0.1, 0.15) is 12.0 Å². The molecule has 0 saturated carbocycles. The molecule has 0 aliphatic rings. The van der Waals surface area contributed by atoms with Crippen molar-refractivity contribution < 1.29 is 22.7 Å². The Bertz CT molecular complexity index is 517. The molecule has 0 aromatic heterocycles. The van der Waals surface area contributed by atoms with Crippen LogP contribution in [-0.2, 0) is 4.79 Å². The number of amides is 1. The molecular weight excluding hydrogens is 271 g/mol. The van der Waals surface area contributed by atoms with Gasteiger partial charge in [-0.1, -0.05) is 23.4 Å². The summed E-state index contributed by atoms with van der Waals surface area (Å²) >= 11 is 5.71. The van der Waals surface area contributed by atoms with Crippen LogP contribution in [0.15, 0.2) is 18.2 Å². The number of carbonyl (C=O) groups excluding carboxylic acids is 1. The average molecular weight is 278 g/mol. The number of halogens is 4. The predicted molar refractivity (Wildman–Crippen MR) is 58.8 cm³/mol. The van der Waals surface area contributed by atoms with Crippen molar-refractivity contribution in [3.8, 4) is 17.6 Å². The van der Waals surface area contributed by atoms with Gasteiger partial charge >= 0.3 is 6.36 Å². The summed E-state index contributed by atoms with van der Waals surface area (Å²) in [5.74, 6) is 3.91. The third kappa shape index (κ3) is 4.97. The van der Waals surface area contributed by atoms with Gasteiger partial charge in [0.25, 0.3) is 0 Å². The molecule has 1 aromatic carbocycles. The number of ether oxygens (including phenoxy) is 1. The molecule has 0 heterocycles. The van der Waals surface area contributed by atoms with Crippen LogP contribution in [-0.4, -0.2) is 12.3 Å². The van der Waals surface area contributed by atoms with E-state index in [0.717, 1.165) is 12.1 Å². The van der Waals surface area contributed by atoms with E-state index >= 15 is 0 Å². The fourth-order valence-corrected chi connectivity index (χ4v) is 1.24. The smallest absolute Gasteiger partial charge is 0.406 e. The lowest BCUT2D eigenvalue weighted by Crippen LogP contribution is -2.17. The number of nitrogens with two attached hydrogens (primary N) is 1. The minimum Gasteiger partial charge on any atom is -0.406 e. The van der Waals surface area contributed by atoms with E-state index in [1.54, 1.807) is 0 Å². The van der Waals surface area contributed by atoms with Gasteiger partial charge in [-0.2, -0.15) is 0 Å². The molecule has 0 fully saturated rings. The third-order valence-corrected chi connectivity index (χ3v) is 1.97. The molecule has 3 nitrogen and oxygen atoms in total. The minimum atomic E-state index is -4.78. The fraction of sp³-hybridized carbons (Fsp3) is 0.182. The Labute approximate surface area is 106 Å². The Morgan fingerprint density at radius 1 is 1.44 bits per heavy atom. The highest BCUT2D eigenvalue weighted by molar-refractivity contribution is 6.31. The minimum absolute atomic E-state index is 0.00581. The summed E-state index contributed by atoms with van der Waals surface area (Å²) in [5, 5.41) is -0.00581. The van der Waals surface area contributed by atoms with Crippen LogP contribution >= 0.6 is 11.6 Å². The van der Waals surface area contributed by atoms with E-state index < -0.39 is 18.0 Å². The maximum Gasteiger partial charge on any atom is 0.573 e. The highest BCUT2D eigenvalue weighted by atomic mass is 35.5. The van der Waals surface area contributed by atoms with Crippen LogP contribution in [0.5, 0.6) is 5.75 Å². The maximum atomic E-state index is 11.9. The van der Waals surface area contributed by atoms with Gasteiger partial charge in [0.15, 0.2) is 0 Å². The standard InChI is InChI=1S/C11H7ClF3NO2/c12-9-6-8(18-11(13,14)15)5-4-7(9)2-1-3-10(16)17/h4-6H,3H2,(H2,16,17). The zero-order valence-electron chi connectivity index (χ0n) is 8.84. The largest absolute Gasteiger partial charge is 0.573 e. The fourth-order valence-electron chi connectivity index (χ4n) is 1.02. The zero-order valence-corrected chi connectivity index (χ0v) is 9.60. The van der Waals surface area contributed by atoms with Crippen LogP contribution in [0.25, 0.3) is 0 Å². The van der Waals surface area contributed by atoms with Gasteiger partial charge in [0.1, 0.15) is 5.75 Å². The van der Waals surface area contributed by atoms with Crippen LogP contribution in [0.3, 0.4) is 0 Å². The number of benzene rings is 1. The Morgan fingerprint density at radius 3 is 2.61 bits per heavy atom. The first-order valence-corrected chi connectivity index (χ1v) is 4.98. The molecule has 0 aliphatic carbocycles. The van der Waals surface area contributed by atoms with E-state index in [0.29, 0.717) is 0 Å². The number of hydrogen-bond donors (Lipinski definition) is 1. The summed E-state index contributed by atoms with van der Waals surface area (Å²) in [5.41, 5.74) is 5.15. The summed E-state index contributed by atoms with van der Waals surface area (Å²) in [6.45, 7) is 0. The Morgan fingerprint density at radius 2 is 2.11 bits per heavy atom. The van der Waals surface area contributed by atoms with Crippen molar-refractivity contribution >= 4 is 17.5 Å². The SMILES string of the molecule is NC(=O)CC#Cc1ccc(OC(F)(F)F)cc1Cl. The summed E-state index contributed by atoms with van der Waals surface area (Å²) < 4.78 is 39.4. The van der Waals surface area contributed by atoms with Crippen LogP contribution in [0, 0.1) is 11.8 Å². The van der Waals surface area contributed by atoms with E-state index in [9.17, 15) is 18.0 Å². The Balaban J connectivity index is 2.85. The molecule has 0 aliphatic heterocycles. The van der Waals surface area contributed by atoms with Crippen molar-refractivity contribution in [3.05, 3.63) is 28.8 Å². The lowest BCUT2D eigenvalue weighted by molar-refractivity contribution is -0.274. The van der Waals surface area contributed by atoms with E-state index in [2.05, 4.69) is 16.6 Å². The van der Waals surface area contributed by atoms with Gasteiger partial charge < -0.3 is 10.5 Å².